The number of aliphatic hydroxyl groups excluding tert-OH is 1. The average Bonchev–Trinajstić information content (AvgIpc) is 2.05. The lowest BCUT2D eigenvalue weighted by molar-refractivity contribution is 0.177. The minimum atomic E-state index is -1.08. The Kier molecular flexibility index (Phi) is 2.72. The SMILES string of the molecule is N#CCC(O)c1cccnc1F. The zero-order valence-electron chi connectivity index (χ0n) is 6.24. The van der Waals surface area contributed by atoms with Crippen molar-refractivity contribution in [2.75, 3.05) is 0 Å². The Balaban J connectivity index is 2.88. The van der Waals surface area contributed by atoms with Crippen LogP contribution in [0.1, 0.15) is 18.1 Å². The zero-order chi connectivity index (χ0) is 8.97. The van der Waals surface area contributed by atoms with Gasteiger partial charge in [0.25, 0.3) is 0 Å². The Morgan fingerprint density at radius 2 is 2.50 bits per heavy atom. The van der Waals surface area contributed by atoms with Crippen LogP contribution in [0, 0.1) is 17.3 Å². The van der Waals surface area contributed by atoms with Crippen LogP contribution in [0.5, 0.6) is 0 Å². The van der Waals surface area contributed by atoms with Crippen molar-refractivity contribution < 1.29 is 9.50 Å². The van der Waals surface area contributed by atoms with Crippen molar-refractivity contribution in [3.8, 4) is 6.07 Å². The molecule has 1 N–H and O–H groups in total. The molecular weight excluding hydrogens is 159 g/mol. The number of rotatable bonds is 2. The van der Waals surface area contributed by atoms with E-state index in [1.54, 1.807) is 6.07 Å². The summed E-state index contributed by atoms with van der Waals surface area (Å²) < 4.78 is 12.8. The van der Waals surface area contributed by atoms with Gasteiger partial charge in [-0.1, -0.05) is 6.07 Å². The molecule has 1 rings (SSSR count). The Morgan fingerprint density at radius 1 is 1.75 bits per heavy atom. The minimum absolute atomic E-state index is 0.0686. The molecule has 1 aromatic heterocycles. The number of nitriles is 1. The Morgan fingerprint density at radius 3 is 3.08 bits per heavy atom. The molecule has 3 nitrogen and oxygen atoms in total. The van der Waals surface area contributed by atoms with Crippen molar-refractivity contribution in [1.29, 1.82) is 5.26 Å². The zero-order valence-corrected chi connectivity index (χ0v) is 6.24. The Bertz CT molecular complexity index is 308. The molecule has 0 spiro atoms. The van der Waals surface area contributed by atoms with Gasteiger partial charge in [-0.2, -0.15) is 9.65 Å². The summed E-state index contributed by atoms with van der Waals surface area (Å²) in [6.07, 6.45) is 0.0873. The fourth-order valence-corrected chi connectivity index (χ4v) is 0.843. The van der Waals surface area contributed by atoms with Crippen LogP contribution in [0.25, 0.3) is 0 Å². The van der Waals surface area contributed by atoms with Crippen LogP contribution in [-0.2, 0) is 0 Å². The highest BCUT2D eigenvalue weighted by molar-refractivity contribution is 5.14. The Labute approximate surface area is 69.1 Å². The summed E-state index contributed by atoms with van der Waals surface area (Å²) in [6, 6.07) is 4.67. The molecule has 62 valence electrons. The van der Waals surface area contributed by atoms with E-state index in [-0.39, 0.29) is 12.0 Å². The molecule has 0 aliphatic rings. The second-order valence-corrected chi connectivity index (χ2v) is 2.26. The highest BCUT2D eigenvalue weighted by Crippen LogP contribution is 2.16. The van der Waals surface area contributed by atoms with Crippen LogP contribution in [0.4, 0.5) is 4.39 Å². The molecule has 0 aromatic carbocycles. The number of aromatic nitrogens is 1. The average molecular weight is 166 g/mol. The Hall–Kier alpha value is -1.47. The third-order valence-electron chi connectivity index (χ3n) is 1.43. The van der Waals surface area contributed by atoms with Gasteiger partial charge in [0.2, 0.25) is 5.95 Å². The minimum Gasteiger partial charge on any atom is -0.387 e. The summed E-state index contributed by atoms with van der Waals surface area (Å²) in [5.41, 5.74) is 0.0686. The molecule has 0 aliphatic carbocycles. The fourth-order valence-electron chi connectivity index (χ4n) is 0.843. The molecule has 4 heteroatoms. The lowest BCUT2D eigenvalue weighted by Gasteiger charge is -2.05. The van der Waals surface area contributed by atoms with Crippen LogP contribution in [0.3, 0.4) is 0 Å². The van der Waals surface area contributed by atoms with Crippen molar-refractivity contribution in [3.63, 3.8) is 0 Å². The highest BCUT2D eigenvalue weighted by Gasteiger charge is 2.11. The van der Waals surface area contributed by atoms with Gasteiger partial charge < -0.3 is 5.11 Å². The largest absolute Gasteiger partial charge is 0.387 e. The lowest BCUT2D eigenvalue weighted by Crippen LogP contribution is -2.00. The van der Waals surface area contributed by atoms with E-state index in [0.717, 1.165) is 0 Å². The summed E-state index contributed by atoms with van der Waals surface area (Å²) in [5, 5.41) is 17.4. The number of pyridine rings is 1. The van der Waals surface area contributed by atoms with Gasteiger partial charge in [-0.3, -0.25) is 0 Å². The maximum absolute atomic E-state index is 12.8. The first-order chi connectivity index (χ1) is 5.75. The van der Waals surface area contributed by atoms with E-state index in [4.69, 9.17) is 5.26 Å². The molecule has 0 saturated carbocycles. The highest BCUT2D eigenvalue weighted by atomic mass is 19.1. The summed E-state index contributed by atoms with van der Waals surface area (Å²) in [5.74, 6) is -0.722. The van der Waals surface area contributed by atoms with Gasteiger partial charge in [-0.15, -0.1) is 0 Å². The fraction of sp³-hybridized carbons (Fsp3) is 0.250. The molecule has 0 fully saturated rings. The number of hydrogen-bond donors (Lipinski definition) is 1. The van der Waals surface area contributed by atoms with Gasteiger partial charge in [0, 0.05) is 11.8 Å². The quantitative estimate of drug-likeness (QED) is 0.671. The van der Waals surface area contributed by atoms with Crippen molar-refractivity contribution in [1.82, 2.24) is 4.98 Å². The van der Waals surface area contributed by atoms with Gasteiger partial charge in [0.1, 0.15) is 0 Å². The predicted molar refractivity (Wildman–Crippen MR) is 39.4 cm³/mol. The number of halogens is 1. The standard InChI is InChI=1S/C8H7FN2O/c9-8-6(2-1-5-11-8)7(12)3-4-10/h1-2,5,7,12H,3H2. The molecule has 1 atom stereocenters. The molecular formula is C8H7FN2O. The molecule has 0 radical (unpaired) electrons. The van der Waals surface area contributed by atoms with E-state index in [9.17, 15) is 9.50 Å². The van der Waals surface area contributed by atoms with Crippen molar-refractivity contribution in [2.45, 2.75) is 12.5 Å². The summed E-state index contributed by atoms with van der Waals surface area (Å²) in [6.45, 7) is 0. The lowest BCUT2D eigenvalue weighted by atomic mass is 10.1. The molecule has 0 bridgehead atoms. The molecule has 0 amide bonds. The molecule has 1 heterocycles. The smallest absolute Gasteiger partial charge is 0.218 e. The molecule has 12 heavy (non-hydrogen) atoms. The van der Waals surface area contributed by atoms with Crippen LogP contribution in [0.2, 0.25) is 0 Å². The molecule has 1 unspecified atom stereocenters. The van der Waals surface area contributed by atoms with Crippen LogP contribution in [0.15, 0.2) is 18.3 Å². The first-order valence-electron chi connectivity index (χ1n) is 3.41. The third-order valence-corrected chi connectivity index (χ3v) is 1.43. The predicted octanol–water partition coefficient (Wildman–Crippen LogP) is 1.17. The normalized spacial score (nSPS) is 12.1. The molecule has 1 aromatic rings. The van der Waals surface area contributed by atoms with E-state index in [1.165, 1.54) is 18.3 Å². The third kappa shape index (κ3) is 1.77. The van der Waals surface area contributed by atoms with Gasteiger partial charge in [-0.25, -0.2) is 4.98 Å². The summed E-state index contributed by atoms with van der Waals surface area (Å²) in [7, 11) is 0. The first-order valence-corrected chi connectivity index (χ1v) is 3.41. The maximum atomic E-state index is 12.8. The summed E-state index contributed by atoms with van der Waals surface area (Å²) in [4.78, 5) is 3.35. The van der Waals surface area contributed by atoms with E-state index in [1.807, 2.05) is 0 Å². The van der Waals surface area contributed by atoms with E-state index in [2.05, 4.69) is 4.98 Å². The topological polar surface area (TPSA) is 56.9 Å². The number of hydrogen-bond acceptors (Lipinski definition) is 3. The van der Waals surface area contributed by atoms with Gasteiger partial charge in [-0.05, 0) is 6.07 Å². The summed E-state index contributed by atoms with van der Waals surface area (Å²) >= 11 is 0. The first kappa shape index (κ1) is 8.62. The monoisotopic (exact) mass is 166 g/mol. The van der Waals surface area contributed by atoms with Crippen molar-refractivity contribution in [2.24, 2.45) is 0 Å². The van der Waals surface area contributed by atoms with Gasteiger partial charge in [0.15, 0.2) is 0 Å². The van der Waals surface area contributed by atoms with Crippen LogP contribution in [-0.4, -0.2) is 10.1 Å². The van der Waals surface area contributed by atoms with Crippen molar-refractivity contribution in [3.05, 3.63) is 29.8 Å². The number of nitrogens with zero attached hydrogens (tertiary/aromatic N) is 2. The van der Waals surface area contributed by atoms with Crippen LogP contribution < -0.4 is 0 Å². The van der Waals surface area contributed by atoms with Crippen LogP contribution >= 0.6 is 0 Å². The van der Waals surface area contributed by atoms with E-state index < -0.39 is 12.1 Å². The molecule has 0 saturated heterocycles. The molecule has 0 aliphatic heterocycles. The second kappa shape index (κ2) is 3.79. The van der Waals surface area contributed by atoms with Gasteiger partial charge >= 0.3 is 0 Å². The van der Waals surface area contributed by atoms with Gasteiger partial charge in [0.05, 0.1) is 18.6 Å². The van der Waals surface area contributed by atoms with E-state index >= 15 is 0 Å². The van der Waals surface area contributed by atoms with E-state index in [0.29, 0.717) is 0 Å². The maximum Gasteiger partial charge on any atom is 0.218 e. The number of aliphatic hydroxyl groups is 1. The second-order valence-electron chi connectivity index (χ2n) is 2.26. The van der Waals surface area contributed by atoms with Crippen molar-refractivity contribution >= 4 is 0 Å².